The number of halogens is 3. The molecule has 1 atom stereocenters. The highest BCUT2D eigenvalue weighted by atomic mass is 19.4. The SMILES string of the molecule is C[C@H](NC(=O)C(F)(F)F)C(C)(C)C. The number of rotatable bonds is 1. The molecule has 2 nitrogen and oxygen atoms in total. The van der Waals surface area contributed by atoms with Crippen molar-refractivity contribution in [3.8, 4) is 0 Å². The Kier molecular flexibility index (Phi) is 3.35. The standard InChI is InChI=1S/C8H14F3NO/c1-5(7(2,3)4)12-6(13)8(9,10)11/h5H,1-4H3,(H,12,13)/t5-/m0/s1. The average molecular weight is 197 g/mol. The van der Waals surface area contributed by atoms with E-state index in [1.165, 1.54) is 0 Å². The molecule has 0 unspecified atom stereocenters. The summed E-state index contributed by atoms with van der Waals surface area (Å²) in [5.74, 6) is -1.88. The maximum atomic E-state index is 11.8. The first kappa shape index (κ1) is 12.3. The molecule has 0 rings (SSSR count). The van der Waals surface area contributed by atoms with Crippen LogP contribution in [0.3, 0.4) is 0 Å². The molecule has 0 fully saturated rings. The fourth-order valence-electron chi connectivity index (χ4n) is 0.495. The lowest BCUT2D eigenvalue weighted by Gasteiger charge is -2.28. The molecule has 0 radical (unpaired) electrons. The highest BCUT2D eigenvalue weighted by Crippen LogP contribution is 2.21. The molecule has 0 bridgehead atoms. The first-order valence-electron chi connectivity index (χ1n) is 3.93. The van der Waals surface area contributed by atoms with E-state index in [0.717, 1.165) is 0 Å². The summed E-state index contributed by atoms with van der Waals surface area (Å²) in [5, 5.41) is 1.90. The summed E-state index contributed by atoms with van der Waals surface area (Å²) in [6, 6.07) is -0.512. The predicted molar refractivity (Wildman–Crippen MR) is 43.1 cm³/mol. The van der Waals surface area contributed by atoms with Gasteiger partial charge in [-0.3, -0.25) is 4.79 Å². The van der Waals surface area contributed by atoms with Crippen molar-refractivity contribution in [2.45, 2.75) is 39.9 Å². The van der Waals surface area contributed by atoms with E-state index in [2.05, 4.69) is 0 Å². The van der Waals surface area contributed by atoms with Gasteiger partial charge in [0.1, 0.15) is 0 Å². The molecule has 78 valence electrons. The van der Waals surface area contributed by atoms with Gasteiger partial charge in [-0.15, -0.1) is 0 Å². The van der Waals surface area contributed by atoms with Gasteiger partial charge in [0.2, 0.25) is 0 Å². The molecule has 0 heterocycles. The summed E-state index contributed by atoms with van der Waals surface area (Å²) in [4.78, 5) is 10.5. The van der Waals surface area contributed by atoms with Gasteiger partial charge in [0.25, 0.3) is 0 Å². The lowest BCUT2D eigenvalue weighted by molar-refractivity contribution is -0.174. The summed E-state index contributed by atoms with van der Waals surface area (Å²) in [6.45, 7) is 6.82. The minimum absolute atomic E-state index is 0.374. The summed E-state index contributed by atoms with van der Waals surface area (Å²) in [7, 11) is 0. The minimum Gasteiger partial charge on any atom is -0.345 e. The summed E-state index contributed by atoms with van der Waals surface area (Å²) in [6.07, 6.45) is -4.79. The Morgan fingerprint density at radius 2 is 1.62 bits per heavy atom. The number of amides is 1. The Labute approximate surface area is 75.5 Å². The van der Waals surface area contributed by atoms with Crippen LogP contribution in [-0.2, 0) is 4.79 Å². The zero-order valence-corrected chi connectivity index (χ0v) is 8.12. The molecule has 0 aromatic rings. The van der Waals surface area contributed by atoms with Gasteiger partial charge in [-0.2, -0.15) is 13.2 Å². The van der Waals surface area contributed by atoms with E-state index in [0.29, 0.717) is 0 Å². The first-order valence-corrected chi connectivity index (χ1v) is 3.93. The van der Waals surface area contributed by atoms with Crippen molar-refractivity contribution < 1.29 is 18.0 Å². The number of alkyl halides is 3. The van der Waals surface area contributed by atoms with Crippen LogP contribution in [0.1, 0.15) is 27.7 Å². The molecule has 13 heavy (non-hydrogen) atoms. The van der Waals surface area contributed by atoms with E-state index in [1.54, 1.807) is 27.7 Å². The molecule has 0 aliphatic heterocycles. The third-order valence-corrected chi connectivity index (χ3v) is 1.90. The normalized spacial score (nSPS) is 15.3. The van der Waals surface area contributed by atoms with Crippen LogP contribution in [0.25, 0.3) is 0 Å². The molecule has 5 heteroatoms. The Morgan fingerprint density at radius 1 is 1.23 bits per heavy atom. The van der Waals surface area contributed by atoms with Gasteiger partial charge >= 0.3 is 12.1 Å². The third kappa shape index (κ3) is 4.15. The van der Waals surface area contributed by atoms with E-state index in [4.69, 9.17) is 0 Å². The lowest BCUT2D eigenvalue weighted by atomic mass is 9.88. The van der Waals surface area contributed by atoms with E-state index in [1.807, 2.05) is 5.32 Å². The minimum atomic E-state index is -4.79. The van der Waals surface area contributed by atoms with E-state index in [-0.39, 0.29) is 5.41 Å². The number of carbonyl (C=O) groups excluding carboxylic acids is 1. The van der Waals surface area contributed by atoms with E-state index >= 15 is 0 Å². The van der Waals surface area contributed by atoms with Crippen molar-refractivity contribution in [3.05, 3.63) is 0 Å². The van der Waals surface area contributed by atoms with Crippen molar-refractivity contribution in [2.75, 3.05) is 0 Å². The fraction of sp³-hybridized carbons (Fsp3) is 0.875. The Hall–Kier alpha value is -0.740. The van der Waals surface area contributed by atoms with Gasteiger partial charge in [0, 0.05) is 6.04 Å². The van der Waals surface area contributed by atoms with Crippen LogP contribution in [-0.4, -0.2) is 18.1 Å². The van der Waals surface area contributed by atoms with Gasteiger partial charge < -0.3 is 5.32 Å². The topological polar surface area (TPSA) is 29.1 Å². The number of carbonyl (C=O) groups is 1. The van der Waals surface area contributed by atoms with Crippen LogP contribution in [0, 0.1) is 5.41 Å². The van der Waals surface area contributed by atoms with Crippen LogP contribution in [0.4, 0.5) is 13.2 Å². The highest BCUT2D eigenvalue weighted by Gasteiger charge is 2.40. The Morgan fingerprint density at radius 3 is 1.85 bits per heavy atom. The van der Waals surface area contributed by atoms with Gasteiger partial charge in [0.15, 0.2) is 0 Å². The lowest BCUT2D eigenvalue weighted by Crippen LogP contribution is -2.47. The van der Waals surface area contributed by atoms with Crippen LogP contribution in [0.2, 0.25) is 0 Å². The average Bonchev–Trinajstić information content (AvgIpc) is 1.82. The van der Waals surface area contributed by atoms with Crippen molar-refractivity contribution in [2.24, 2.45) is 5.41 Å². The largest absolute Gasteiger partial charge is 0.471 e. The summed E-state index contributed by atoms with van der Waals surface area (Å²) in [5.41, 5.74) is -0.374. The summed E-state index contributed by atoms with van der Waals surface area (Å²) >= 11 is 0. The molecular weight excluding hydrogens is 183 g/mol. The van der Waals surface area contributed by atoms with Crippen LogP contribution < -0.4 is 5.32 Å². The zero-order valence-electron chi connectivity index (χ0n) is 8.12. The zero-order chi connectivity index (χ0) is 10.9. The molecule has 0 saturated heterocycles. The maximum Gasteiger partial charge on any atom is 0.471 e. The van der Waals surface area contributed by atoms with Gasteiger partial charge in [-0.05, 0) is 12.3 Å². The van der Waals surface area contributed by atoms with Crippen molar-refractivity contribution >= 4 is 5.91 Å². The smallest absolute Gasteiger partial charge is 0.345 e. The molecule has 1 N–H and O–H groups in total. The fourth-order valence-corrected chi connectivity index (χ4v) is 0.495. The van der Waals surface area contributed by atoms with Crippen molar-refractivity contribution in [3.63, 3.8) is 0 Å². The summed E-state index contributed by atoms with van der Waals surface area (Å²) < 4.78 is 35.4. The van der Waals surface area contributed by atoms with E-state index < -0.39 is 18.1 Å². The highest BCUT2D eigenvalue weighted by molar-refractivity contribution is 5.81. The molecule has 0 saturated carbocycles. The molecule has 0 aliphatic rings. The van der Waals surface area contributed by atoms with Crippen LogP contribution in [0.15, 0.2) is 0 Å². The van der Waals surface area contributed by atoms with Crippen LogP contribution >= 0.6 is 0 Å². The van der Waals surface area contributed by atoms with Gasteiger partial charge in [-0.25, -0.2) is 0 Å². The molecular formula is C8H14F3NO. The van der Waals surface area contributed by atoms with Gasteiger partial charge in [-0.1, -0.05) is 20.8 Å². The monoisotopic (exact) mass is 197 g/mol. The first-order chi connectivity index (χ1) is 5.55. The molecule has 1 amide bonds. The van der Waals surface area contributed by atoms with Crippen molar-refractivity contribution in [1.29, 1.82) is 0 Å². The number of nitrogens with one attached hydrogen (secondary N) is 1. The van der Waals surface area contributed by atoms with Gasteiger partial charge in [0.05, 0.1) is 0 Å². The quantitative estimate of drug-likeness (QED) is 0.685. The second kappa shape index (κ2) is 3.55. The Balaban J connectivity index is 4.24. The number of hydrogen-bond acceptors (Lipinski definition) is 1. The second-order valence-electron chi connectivity index (χ2n) is 4.06. The van der Waals surface area contributed by atoms with E-state index in [9.17, 15) is 18.0 Å². The molecule has 0 aromatic heterocycles. The molecule has 0 aliphatic carbocycles. The predicted octanol–water partition coefficient (Wildman–Crippen LogP) is 2.10. The number of hydrogen-bond donors (Lipinski definition) is 1. The third-order valence-electron chi connectivity index (χ3n) is 1.90. The van der Waals surface area contributed by atoms with Crippen molar-refractivity contribution in [1.82, 2.24) is 5.32 Å². The second-order valence-corrected chi connectivity index (χ2v) is 4.06. The maximum absolute atomic E-state index is 11.8. The molecule has 0 aromatic carbocycles. The van der Waals surface area contributed by atoms with Crippen LogP contribution in [0.5, 0.6) is 0 Å². The Bertz CT molecular complexity index is 193. The molecule has 0 spiro atoms.